The highest BCUT2D eigenvalue weighted by Gasteiger charge is 2.34. The number of hydrogen-bond donors (Lipinski definition) is 0. The van der Waals surface area contributed by atoms with Crippen LogP contribution in [0.15, 0.2) is 28.7 Å². The summed E-state index contributed by atoms with van der Waals surface area (Å²) in [5.41, 5.74) is 1.21. The fourth-order valence-electron chi connectivity index (χ4n) is 3.01. The van der Waals surface area contributed by atoms with Crippen LogP contribution in [0.3, 0.4) is 0 Å². The summed E-state index contributed by atoms with van der Waals surface area (Å²) in [7, 11) is 0. The van der Waals surface area contributed by atoms with Crippen LogP contribution in [0.25, 0.3) is 0 Å². The van der Waals surface area contributed by atoms with Gasteiger partial charge in [-0.05, 0) is 36.5 Å². The quantitative estimate of drug-likeness (QED) is 0.692. The summed E-state index contributed by atoms with van der Waals surface area (Å²) < 4.78 is 1.08. The Hall–Kier alpha value is -0.630. The Morgan fingerprint density at radius 3 is 2.61 bits per heavy atom. The Balaban J connectivity index is 2.07. The molecule has 98 valence electrons. The van der Waals surface area contributed by atoms with E-state index in [-0.39, 0.29) is 5.92 Å². The van der Waals surface area contributed by atoms with Gasteiger partial charge in [0.05, 0.1) is 0 Å². The number of unbranched alkanes of at least 4 members (excludes halogenated alkanes) is 2. The van der Waals surface area contributed by atoms with Gasteiger partial charge in [0.1, 0.15) is 5.78 Å². The van der Waals surface area contributed by atoms with Crippen molar-refractivity contribution in [2.45, 2.75) is 51.4 Å². The topological polar surface area (TPSA) is 17.1 Å². The molecule has 0 aromatic heterocycles. The first-order chi connectivity index (χ1) is 8.72. The van der Waals surface area contributed by atoms with E-state index in [1.807, 2.05) is 12.1 Å². The Morgan fingerprint density at radius 2 is 1.94 bits per heavy atom. The third-order valence-corrected chi connectivity index (χ3v) is 4.52. The predicted octanol–water partition coefficient (Wildman–Crippen LogP) is 5.09. The summed E-state index contributed by atoms with van der Waals surface area (Å²) in [6.45, 7) is 2.23. The number of carbonyl (C=O) groups excluding carboxylic acids is 1. The minimum Gasteiger partial charge on any atom is -0.299 e. The molecule has 1 aromatic rings. The molecule has 0 amide bonds. The van der Waals surface area contributed by atoms with Crippen molar-refractivity contribution in [3.05, 3.63) is 34.3 Å². The molecule has 1 aromatic carbocycles. The normalized spacial score (nSPS) is 23.6. The van der Waals surface area contributed by atoms with E-state index in [1.54, 1.807) is 0 Å². The number of carbonyl (C=O) groups is 1. The Labute approximate surface area is 118 Å². The minimum absolute atomic E-state index is 0.162. The lowest BCUT2D eigenvalue weighted by atomic mass is 9.85. The largest absolute Gasteiger partial charge is 0.299 e. The molecule has 0 aliphatic heterocycles. The van der Waals surface area contributed by atoms with Crippen molar-refractivity contribution in [2.24, 2.45) is 5.92 Å². The molecule has 0 bridgehead atoms. The Morgan fingerprint density at radius 1 is 1.22 bits per heavy atom. The van der Waals surface area contributed by atoms with Crippen LogP contribution in [0.4, 0.5) is 0 Å². The second kappa shape index (κ2) is 6.51. The first-order valence-electron chi connectivity index (χ1n) is 7.00. The van der Waals surface area contributed by atoms with Crippen molar-refractivity contribution in [3.63, 3.8) is 0 Å². The second-order valence-electron chi connectivity index (χ2n) is 5.29. The van der Waals surface area contributed by atoms with E-state index in [9.17, 15) is 4.79 Å². The average Bonchev–Trinajstić information content (AvgIpc) is 2.72. The van der Waals surface area contributed by atoms with Crippen LogP contribution >= 0.6 is 15.9 Å². The van der Waals surface area contributed by atoms with Crippen LogP contribution in [0.5, 0.6) is 0 Å². The van der Waals surface area contributed by atoms with Gasteiger partial charge in [0.2, 0.25) is 0 Å². The molecule has 0 unspecified atom stereocenters. The zero-order valence-corrected chi connectivity index (χ0v) is 12.6. The fourth-order valence-corrected chi connectivity index (χ4v) is 3.27. The van der Waals surface area contributed by atoms with Gasteiger partial charge in [-0.15, -0.1) is 0 Å². The van der Waals surface area contributed by atoms with E-state index < -0.39 is 0 Å². The van der Waals surface area contributed by atoms with Crippen LogP contribution in [0.2, 0.25) is 0 Å². The van der Waals surface area contributed by atoms with Gasteiger partial charge in [-0.1, -0.05) is 54.2 Å². The van der Waals surface area contributed by atoms with Gasteiger partial charge in [-0.2, -0.15) is 0 Å². The highest BCUT2D eigenvalue weighted by molar-refractivity contribution is 9.10. The minimum atomic E-state index is 0.162. The van der Waals surface area contributed by atoms with E-state index in [4.69, 9.17) is 0 Å². The van der Waals surface area contributed by atoms with Crippen molar-refractivity contribution >= 4 is 21.7 Å². The maximum absolute atomic E-state index is 12.1. The molecule has 0 spiro atoms. The summed E-state index contributed by atoms with van der Waals surface area (Å²) in [5.74, 6) is 1.18. The van der Waals surface area contributed by atoms with Crippen molar-refractivity contribution in [1.29, 1.82) is 0 Å². The number of halogens is 1. The van der Waals surface area contributed by atoms with Gasteiger partial charge in [0, 0.05) is 16.8 Å². The van der Waals surface area contributed by atoms with Gasteiger partial charge >= 0.3 is 0 Å². The number of rotatable bonds is 5. The lowest BCUT2D eigenvalue weighted by Crippen LogP contribution is -2.12. The molecule has 2 heteroatoms. The first kappa shape index (κ1) is 13.8. The van der Waals surface area contributed by atoms with Crippen LogP contribution in [-0.2, 0) is 4.79 Å². The Bertz CT molecular complexity index is 396. The number of Topliss-reactive ketones (excluding diaryl/α,β-unsaturated/α-hetero) is 1. The van der Waals surface area contributed by atoms with E-state index in [2.05, 4.69) is 35.0 Å². The van der Waals surface area contributed by atoms with E-state index >= 15 is 0 Å². The fraction of sp³-hybridized carbons (Fsp3) is 0.562. The van der Waals surface area contributed by atoms with Gasteiger partial charge in [-0.3, -0.25) is 4.79 Å². The van der Waals surface area contributed by atoms with Crippen molar-refractivity contribution in [3.8, 4) is 0 Å². The molecule has 1 nitrogen and oxygen atoms in total. The van der Waals surface area contributed by atoms with E-state index in [1.165, 1.54) is 31.2 Å². The molecular formula is C16H21BrO. The summed E-state index contributed by atoms with van der Waals surface area (Å²) >= 11 is 3.45. The van der Waals surface area contributed by atoms with Crippen LogP contribution in [0, 0.1) is 5.92 Å². The van der Waals surface area contributed by atoms with Gasteiger partial charge < -0.3 is 0 Å². The van der Waals surface area contributed by atoms with Gasteiger partial charge in [0.25, 0.3) is 0 Å². The molecule has 2 atom stereocenters. The SMILES string of the molecule is CCCCC[C@@H]1CCC(=O)[C@H]1c1ccc(Br)cc1. The molecular weight excluding hydrogens is 288 g/mol. The smallest absolute Gasteiger partial charge is 0.140 e. The van der Waals surface area contributed by atoms with Crippen LogP contribution < -0.4 is 0 Å². The third kappa shape index (κ3) is 3.23. The molecule has 1 aliphatic rings. The van der Waals surface area contributed by atoms with Crippen molar-refractivity contribution in [2.75, 3.05) is 0 Å². The number of hydrogen-bond acceptors (Lipinski definition) is 1. The number of benzene rings is 1. The third-order valence-electron chi connectivity index (χ3n) is 3.99. The maximum Gasteiger partial charge on any atom is 0.140 e. The number of ketones is 1. The lowest BCUT2D eigenvalue weighted by Gasteiger charge is -2.18. The zero-order valence-electron chi connectivity index (χ0n) is 11.0. The predicted molar refractivity (Wildman–Crippen MR) is 78.8 cm³/mol. The maximum atomic E-state index is 12.1. The molecule has 0 saturated heterocycles. The van der Waals surface area contributed by atoms with E-state index in [0.717, 1.165) is 17.3 Å². The summed E-state index contributed by atoms with van der Waals surface area (Å²) in [4.78, 5) is 12.1. The average molecular weight is 309 g/mol. The first-order valence-corrected chi connectivity index (χ1v) is 7.80. The zero-order chi connectivity index (χ0) is 13.0. The summed E-state index contributed by atoms with van der Waals surface area (Å²) in [6, 6.07) is 8.30. The second-order valence-corrected chi connectivity index (χ2v) is 6.21. The summed E-state index contributed by atoms with van der Waals surface area (Å²) in [6.07, 6.45) is 6.88. The van der Waals surface area contributed by atoms with Crippen molar-refractivity contribution in [1.82, 2.24) is 0 Å². The summed E-state index contributed by atoms with van der Waals surface area (Å²) in [5, 5.41) is 0. The molecule has 0 radical (unpaired) electrons. The van der Waals surface area contributed by atoms with Gasteiger partial charge in [0.15, 0.2) is 0 Å². The van der Waals surface area contributed by atoms with Crippen molar-refractivity contribution < 1.29 is 4.79 Å². The molecule has 2 rings (SSSR count). The van der Waals surface area contributed by atoms with Crippen LogP contribution in [-0.4, -0.2) is 5.78 Å². The lowest BCUT2D eigenvalue weighted by molar-refractivity contribution is -0.119. The monoisotopic (exact) mass is 308 g/mol. The molecule has 1 fully saturated rings. The molecule has 18 heavy (non-hydrogen) atoms. The highest BCUT2D eigenvalue weighted by Crippen LogP contribution is 2.40. The Kier molecular flexibility index (Phi) is 4.99. The molecule has 0 heterocycles. The molecule has 1 saturated carbocycles. The standard InChI is InChI=1S/C16H21BrO/c1-2-3-4-5-12-8-11-15(18)16(12)13-6-9-14(17)10-7-13/h6-7,9-10,12,16H,2-5,8,11H2,1H3/t12-,16-/m1/s1. The molecule has 1 aliphatic carbocycles. The highest BCUT2D eigenvalue weighted by atomic mass is 79.9. The molecule has 0 N–H and O–H groups in total. The van der Waals surface area contributed by atoms with Crippen LogP contribution in [0.1, 0.15) is 56.9 Å². The van der Waals surface area contributed by atoms with Gasteiger partial charge in [-0.25, -0.2) is 0 Å². The van der Waals surface area contributed by atoms with E-state index in [0.29, 0.717) is 11.7 Å².